The van der Waals surface area contributed by atoms with Crippen molar-refractivity contribution in [1.82, 2.24) is 14.9 Å². The van der Waals surface area contributed by atoms with Gasteiger partial charge in [0.1, 0.15) is 11.6 Å². The maximum Gasteiger partial charge on any atom is 0.293 e. The molecule has 3 aromatic rings. The number of anilines is 3. The quantitative estimate of drug-likeness (QED) is 0.406. The van der Waals surface area contributed by atoms with E-state index in [1.807, 2.05) is 0 Å². The van der Waals surface area contributed by atoms with Crippen LogP contribution in [0, 0.1) is 12.5 Å². The van der Waals surface area contributed by atoms with Crippen molar-refractivity contribution in [2.24, 2.45) is 18.7 Å². The number of carbonyl (C=O) groups is 1. The molecule has 2 atom stereocenters. The van der Waals surface area contributed by atoms with Crippen LogP contribution in [0.25, 0.3) is 15.7 Å². The average Bonchev–Trinajstić information content (AvgIpc) is 2.89. The van der Waals surface area contributed by atoms with Gasteiger partial charge in [-0.15, -0.1) is 0 Å². The molecule has 1 fully saturated rings. The number of carbonyl (C=O) groups excluding carboxylic acids is 1. The normalized spacial score (nSPS) is 18.6. The molecule has 4 rings (SSSR count). The summed E-state index contributed by atoms with van der Waals surface area (Å²) in [5, 5.41) is 6.32. The van der Waals surface area contributed by atoms with Gasteiger partial charge in [0.2, 0.25) is 5.69 Å². The van der Waals surface area contributed by atoms with Crippen molar-refractivity contribution in [2.75, 3.05) is 37.0 Å². The number of amides is 1. The van der Waals surface area contributed by atoms with E-state index in [0.29, 0.717) is 16.6 Å². The van der Waals surface area contributed by atoms with Gasteiger partial charge in [-0.05, 0) is 30.3 Å². The van der Waals surface area contributed by atoms with Crippen molar-refractivity contribution in [3.8, 4) is 5.75 Å². The second-order valence-corrected chi connectivity index (χ2v) is 9.50. The molecule has 1 saturated heterocycles. The monoisotopic (exact) mass is 545 g/mol. The van der Waals surface area contributed by atoms with E-state index in [1.54, 1.807) is 30.1 Å². The summed E-state index contributed by atoms with van der Waals surface area (Å²) in [6.07, 6.45) is 0. The Morgan fingerprint density at radius 1 is 1.34 bits per heavy atom. The average molecular weight is 546 g/mol. The first-order chi connectivity index (χ1) is 18.0. The number of halogens is 3. The topological polar surface area (TPSA) is 119 Å². The van der Waals surface area contributed by atoms with Gasteiger partial charge >= 0.3 is 0 Å². The van der Waals surface area contributed by atoms with E-state index in [9.17, 15) is 18.4 Å². The molecule has 0 radical (unpaired) electrons. The third-order valence-electron chi connectivity index (χ3n) is 6.51. The van der Waals surface area contributed by atoms with Crippen molar-refractivity contribution >= 4 is 51.4 Å². The fourth-order valence-electron chi connectivity index (χ4n) is 4.28. The number of pyridine rings is 2. The summed E-state index contributed by atoms with van der Waals surface area (Å²) in [5.41, 5.74) is 6.65. The van der Waals surface area contributed by atoms with Crippen molar-refractivity contribution in [3.63, 3.8) is 0 Å². The summed E-state index contributed by atoms with van der Waals surface area (Å²) in [6, 6.07) is 6.72. The largest absolute Gasteiger partial charge is 0.478 e. The van der Waals surface area contributed by atoms with Crippen LogP contribution in [0.15, 0.2) is 35.1 Å². The van der Waals surface area contributed by atoms with Gasteiger partial charge in [-0.3, -0.25) is 9.59 Å². The third-order valence-corrected chi connectivity index (χ3v) is 6.80. The molecule has 0 bridgehead atoms. The van der Waals surface area contributed by atoms with Gasteiger partial charge in [-0.2, -0.15) is 0 Å². The number of hydrogen-bond donors (Lipinski definition) is 3. The molecule has 10 nitrogen and oxygen atoms in total. The number of likely N-dealkylation sites (N-methyl/N-ethyl adjacent to an activating group) is 1. The number of nitrogens with zero attached hydrogens (tertiary/aromatic N) is 4. The fourth-order valence-corrected chi connectivity index (χ4v) is 4.48. The zero-order valence-corrected chi connectivity index (χ0v) is 21.6. The van der Waals surface area contributed by atoms with Crippen LogP contribution in [-0.4, -0.2) is 54.2 Å². The number of ether oxygens (including phenoxy) is 1. The molecule has 0 aliphatic carbocycles. The highest BCUT2D eigenvalue weighted by Crippen LogP contribution is 2.40. The smallest absolute Gasteiger partial charge is 0.293 e. The lowest BCUT2D eigenvalue weighted by molar-refractivity contribution is -0.122. The number of nitrogens with one attached hydrogen (secondary N) is 2. The summed E-state index contributed by atoms with van der Waals surface area (Å²) >= 11 is 6.41. The highest BCUT2D eigenvalue weighted by molar-refractivity contribution is 6.33. The van der Waals surface area contributed by atoms with Gasteiger partial charge < -0.3 is 30.6 Å². The minimum Gasteiger partial charge on any atom is -0.478 e. The van der Waals surface area contributed by atoms with Gasteiger partial charge in [0.25, 0.3) is 17.4 Å². The number of benzene rings is 1. The molecule has 2 aromatic heterocycles. The highest BCUT2D eigenvalue weighted by Gasteiger charge is 2.48. The summed E-state index contributed by atoms with van der Waals surface area (Å²) in [6.45, 7) is 8.43. The Balaban J connectivity index is 1.68. The van der Waals surface area contributed by atoms with Crippen LogP contribution in [0.1, 0.15) is 6.92 Å². The maximum absolute atomic E-state index is 14.3. The van der Waals surface area contributed by atoms with Crippen LogP contribution in [0.5, 0.6) is 5.75 Å². The van der Waals surface area contributed by atoms with Gasteiger partial charge in [-0.25, -0.2) is 18.6 Å². The summed E-state index contributed by atoms with van der Waals surface area (Å²) < 4.78 is 35.4. The molecule has 200 valence electrons. The Kier molecular flexibility index (Phi) is 7.44. The van der Waals surface area contributed by atoms with E-state index in [0.717, 1.165) is 0 Å². The van der Waals surface area contributed by atoms with Crippen LogP contribution < -0.4 is 31.6 Å². The number of alkyl halides is 2. The molecule has 0 spiro atoms. The Bertz CT molecular complexity index is 1490. The Morgan fingerprint density at radius 2 is 2.08 bits per heavy atom. The molecule has 1 aromatic carbocycles. The SMILES string of the molecule is [C-]#[N+]c1cc(Cl)c(Nc2ccc3c(c2)cc(OCC(=O)NC)c(=O)n3C)nc1N1C[C@@H](N)C(F)(F)[C@@H](C)C1. The van der Waals surface area contributed by atoms with Crippen LogP contribution in [0.2, 0.25) is 5.02 Å². The van der Waals surface area contributed by atoms with Crippen molar-refractivity contribution in [2.45, 2.75) is 18.9 Å². The summed E-state index contributed by atoms with van der Waals surface area (Å²) in [7, 11) is 3.05. The number of hydrogen-bond acceptors (Lipinski definition) is 7. The number of aryl methyl sites for hydroxylation is 1. The minimum atomic E-state index is -3.03. The minimum absolute atomic E-state index is 0.00737. The first-order valence-electron chi connectivity index (χ1n) is 11.7. The summed E-state index contributed by atoms with van der Waals surface area (Å²) in [5.74, 6) is -4.02. The molecule has 0 unspecified atom stereocenters. The zero-order valence-electron chi connectivity index (χ0n) is 20.9. The lowest BCUT2D eigenvalue weighted by atomic mass is 9.91. The van der Waals surface area contributed by atoms with E-state index in [1.165, 1.54) is 30.7 Å². The second-order valence-electron chi connectivity index (χ2n) is 9.09. The number of nitrogens with two attached hydrogens (primary N) is 1. The van der Waals surface area contributed by atoms with E-state index < -0.39 is 23.4 Å². The van der Waals surface area contributed by atoms with Crippen LogP contribution in [-0.2, 0) is 11.8 Å². The van der Waals surface area contributed by atoms with Gasteiger partial charge in [-0.1, -0.05) is 18.5 Å². The number of piperidine rings is 1. The molecule has 1 amide bonds. The molecule has 38 heavy (non-hydrogen) atoms. The molecular weight excluding hydrogens is 520 g/mol. The second kappa shape index (κ2) is 10.4. The van der Waals surface area contributed by atoms with Gasteiger partial charge in [0.15, 0.2) is 12.4 Å². The molecule has 3 heterocycles. The van der Waals surface area contributed by atoms with Crippen LogP contribution >= 0.6 is 11.6 Å². The fraction of sp³-hybridized carbons (Fsp3) is 0.360. The zero-order chi connectivity index (χ0) is 27.8. The number of rotatable bonds is 6. The Labute approximate surface area is 222 Å². The van der Waals surface area contributed by atoms with Crippen molar-refractivity contribution < 1.29 is 18.3 Å². The van der Waals surface area contributed by atoms with Crippen molar-refractivity contribution in [3.05, 3.63) is 57.1 Å². The van der Waals surface area contributed by atoms with Crippen LogP contribution in [0.3, 0.4) is 0 Å². The first kappa shape index (κ1) is 27.1. The molecular formula is C25H26ClF2N7O3. The highest BCUT2D eigenvalue weighted by atomic mass is 35.5. The van der Waals surface area contributed by atoms with Gasteiger partial charge in [0.05, 0.1) is 23.2 Å². The van der Waals surface area contributed by atoms with E-state index >= 15 is 0 Å². The standard InChI is InChI=1S/C25H26ClF2N7O3/c1-13-10-35(11-20(29)25(13,27)28)23-17(30-2)9-16(26)22(33-23)32-15-5-6-18-14(7-15)8-19(24(37)34(18)4)38-12-21(36)31-3/h5-9,13,20H,10-12,29H2,1,3-4H3,(H,31,36)(H,32,33)/t13-,20+/m0/s1. The molecule has 4 N–H and O–H groups in total. The molecule has 1 aliphatic rings. The number of fused-ring (bicyclic) bond motifs is 1. The van der Waals surface area contributed by atoms with Crippen molar-refractivity contribution in [1.29, 1.82) is 0 Å². The molecule has 13 heteroatoms. The third kappa shape index (κ3) is 5.07. The lowest BCUT2D eigenvalue weighted by Gasteiger charge is -2.41. The van der Waals surface area contributed by atoms with Gasteiger partial charge in [0, 0.05) is 44.2 Å². The maximum atomic E-state index is 14.3. The predicted molar refractivity (Wildman–Crippen MR) is 142 cm³/mol. The Morgan fingerprint density at radius 3 is 2.74 bits per heavy atom. The Hall–Kier alpha value is -3.95. The molecule has 1 aliphatic heterocycles. The number of aromatic nitrogens is 2. The predicted octanol–water partition coefficient (Wildman–Crippen LogP) is 3.42. The van der Waals surface area contributed by atoms with Crippen LogP contribution in [0.4, 0.5) is 31.8 Å². The summed E-state index contributed by atoms with van der Waals surface area (Å²) in [4.78, 5) is 33.7. The van der Waals surface area contributed by atoms with E-state index in [4.69, 9.17) is 28.6 Å². The van der Waals surface area contributed by atoms with E-state index in [2.05, 4.69) is 20.5 Å². The molecule has 0 saturated carbocycles. The van der Waals surface area contributed by atoms with E-state index in [-0.39, 0.29) is 53.7 Å². The lowest BCUT2D eigenvalue weighted by Crippen LogP contribution is -2.60. The first-order valence-corrected chi connectivity index (χ1v) is 12.0.